The monoisotopic (exact) mass is 194 g/mol. The first kappa shape index (κ1) is 8.70. The Kier molecular flexibility index (Phi) is 3.99. The van der Waals surface area contributed by atoms with Gasteiger partial charge in [0.1, 0.15) is 6.69 Å². The van der Waals surface area contributed by atoms with E-state index in [0.717, 1.165) is 0 Å². The summed E-state index contributed by atoms with van der Waals surface area (Å²) in [5.74, 6) is 0. The molecule has 0 atom stereocenters. The van der Waals surface area contributed by atoms with Gasteiger partial charge in [-0.25, -0.2) is 0 Å². The maximum Gasteiger partial charge on any atom is 0.124 e. The molecule has 0 amide bonds. The largest absolute Gasteiger partial charge is 0.127 e. The van der Waals surface area contributed by atoms with Crippen molar-refractivity contribution < 1.29 is 0 Å². The molecule has 0 aromatic carbocycles. The van der Waals surface area contributed by atoms with Gasteiger partial charge in [0.2, 0.25) is 0 Å². The van der Waals surface area contributed by atoms with Crippen molar-refractivity contribution in [3.05, 3.63) is 0 Å². The molecule has 0 nitrogen and oxygen atoms in total. The maximum atomic E-state index is 3.72. The van der Waals surface area contributed by atoms with Gasteiger partial charge in [0.15, 0.2) is 0 Å². The fourth-order valence-corrected chi connectivity index (χ4v) is 2.63. The van der Waals surface area contributed by atoms with Crippen LogP contribution in [0.25, 0.3) is 0 Å². The number of hydrogen-bond donors (Lipinski definition) is 0. The highest BCUT2D eigenvalue weighted by Crippen LogP contribution is 2.19. The van der Waals surface area contributed by atoms with E-state index in [2.05, 4.69) is 35.3 Å². The van der Waals surface area contributed by atoms with Crippen molar-refractivity contribution in [1.82, 2.24) is 0 Å². The summed E-state index contributed by atoms with van der Waals surface area (Å²) in [5, 5.41) is 0. The van der Waals surface area contributed by atoms with Crippen LogP contribution in [-0.2, 0) is 0 Å². The molecular formula is C6H15BrSi. The number of rotatable bonds is 3. The van der Waals surface area contributed by atoms with Gasteiger partial charge < -0.3 is 0 Å². The lowest BCUT2D eigenvalue weighted by Crippen LogP contribution is -2.13. The molecule has 0 bridgehead atoms. The fourth-order valence-electron chi connectivity index (χ4n) is 0.597. The third-order valence-corrected chi connectivity index (χ3v) is 3.86. The molecule has 8 heavy (non-hydrogen) atoms. The lowest BCUT2D eigenvalue weighted by molar-refractivity contribution is 0.874. The van der Waals surface area contributed by atoms with Crippen LogP contribution in [0.3, 0.4) is 0 Å². The van der Waals surface area contributed by atoms with Crippen LogP contribution in [0.2, 0.25) is 19.1 Å². The molecular weight excluding hydrogens is 180 g/mol. The molecule has 0 rings (SSSR count). The highest BCUT2D eigenvalue weighted by molar-refractivity contribution is 9.26. The summed E-state index contributed by atoms with van der Waals surface area (Å²) in [4.78, 5) is 0. The zero-order valence-electron chi connectivity index (χ0n) is 6.00. The summed E-state index contributed by atoms with van der Waals surface area (Å²) in [7, 11) is 0. The van der Waals surface area contributed by atoms with Gasteiger partial charge in [0, 0.05) is 0 Å². The first-order valence-electron chi connectivity index (χ1n) is 3.25. The quantitative estimate of drug-likeness (QED) is 0.478. The highest BCUT2D eigenvalue weighted by Gasteiger charge is 2.13. The van der Waals surface area contributed by atoms with E-state index in [1.807, 2.05) is 0 Å². The molecule has 0 aliphatic heterocycles. The topological polar surface area (TPSA) is 0 Å². The first-order valence-corrected chi connectivity index (χ1v) is 8.71. The SMILES string of the molecule is CCCC[Si](C)(C)Br. The zero-order chi connectivity index (χ0) is 6.62. The van der Waals surface area contributed by atoms with Crippen molar-refractivity contribution in [2.75, 3.05) is 0 Å². The molecule has 0 radical (unpaired) electrons. The van der Waals surface area contributed by atoms with Gasteiger partial charge in [-0.05, 0) is 6.04 Å². The van der Waals surface area contributed by atoms with Gasteiger partial charge in [-0.15, -0.1) is 15.3 Å². The molecule has 0 aliphatic rings. The molecule has 0 aromatic rings. The van der Waals surface area contributed by atoms with Gasteiger partial charge in [0.05, 0.1) is 0 Å². The highest BCUT2D eigenvalue weighted by atomic mass is 79.9. The molecule has 0 N–H and O–H groups in total. The van der Waals surface area contributed by atoms with E-state index < -0.39 is 6.69 Å². The molecule has 2 heteroatoms. The third kappa shape index (κ3) is 6.70. The van der Waals surface area contributed by atoms with Gasteiger partial charge in [0.25, 0.3) is 0 Å². The molecule has 0 aliphatic carbocycles. The second kappa shape index (κ2) is 3.67. The van der Waals surface area contributed by atoms with Crippen molar-refractivity contribution in [1.29, 1.82) is 0 Å². The Morgan fingerprint density at radius 3 is 2.00 bits per heavy atom. The average molecular weight is 195 g/mol. The van der Waals surface area contributed by atoms with Crippen molar-refractivity contribution in [3.8, 4) is 0 Å². The molecule has 0 fully saturated rings. The third-order valence-electron chi connectivity index (χ3n) is 1.12. The number of halogens is 1. The summed E-state index contributed by atoms with van der Waals surface area (Å²) < 4.78 is 0. The molecule has 0 heterocycles. The van der Waals surface area contributed by atoms with Gasteiger partial charge >= 0.3 is 0 Å². The summed E-state index contributed by atoms with van der Waals surface area (Å²) in [6.45, 7) is 6.08. The predicted molar refractivity (Wildman–Crippen MR) is 46.1 cm³/mol. The number of unbranched alkanes of at least 4 members (excludes halogenated alkanes) is 1. The summed E-state index contributed by atoms with van der Waals surface area (Å²) in [6.07, 6.45) is 2.73. The van der Waals surface area contributed by atoms with E-state index in [0.29, 0.717) is 0 Å². The standard InChI is InChI=1S/C6H15BrSi/c1-4-5-6-8(2,3)7/h4-6H2,1-3H3. The molecule has 50 valence electrons. The molecule has 0 saturated heterocycles. The van der Waals surface area contributed by atoms with Crippen LogP contribution in [0.4, 0.5) is 0 Å². The summed E-state index contributed by atoms with van der Waals surface area (Å²) >= 11 is 3.72. The van der Waals surface area contributed by atoms with Crippen molar-refractivity contribution in [3.63, 3.8) is 0 Å². The minimum absolute atomic E-state index is 0.866. The van der Waals surface area contributed by atoms with Crippen LogP contribution in [0, 0.1) is 0 Å². The lowest BCUT2D eigenvalue weighted by atomic mass is 10.4. The summed E-state index contributed by atoms with van der Waals surface area (Å²) in [5.41, 5.74) is 0. The smallest absolute Gasteiger partial charge is 0.124 e. The van der Waals surface area contributed by atoms with E-state index in [1.54, 1.807) is 0 Å². The van der Waals surface area contributed by atoms with Crippen LogP contribution in [0.1, 0.15) is 19.8 Å². The van der Waals surface area contributed by atoms with E-state index >= 15 is 0 Å². The van der Waals surface area contributed by atoms with Crippen molar-refractivity contribution >= 4 is 22.0 Å². The maximum absolute atomic E-state index is 3.72. The lowest BCUT2D eigenvalue weighted by Gasteiger charge is -2.10. The van der Waals surface area contributed by atoms with Crippen LogP contribution in [0.15, 0.2) is 0 Å². The normalized spacial score (nSPS) is 12.0. The summed E-state index contributed by atoms with van der Waals surface area (Å²) in [6, 6.07) is 1.42. The van der Waals surface area contributed by atoms with E-state index in [1.165, 1.54) is 18.9 Å². The second-order valence-electron chi connectivity index (χ2n) is 2.82. The second-order valence-corrected chi connectivity index (χ2v) is 13.2. The molecule has 0 spiro atoms. The van der Waals surface area contributed by atoms with Gasteiger partial charge in [-0.1, -0.05) is 32.9 Å². The van der Waals surface area contributed by atoms with Crippen LogP contribution in [0.5, 0.6) is 0 Å². The van der Waals surface area contributed by atoms with E-state index in [9.17, 15) is 0 Å². The molecule has 0 saturated carbocycles. The Balaban J connectivity index is 3.11. The van der Waals surface area contributed by atoms with Crippen LogP contribution < -0.4 is 0 Å². The molecule has 0 unspecified atom stereocenters. The number of hydrogen-bond acceptors (Lipinski definition) is 0. The Bertz CT molecular complexity index is 56.0. The Morgan fingerprint density at radius 2 is 1.88 bits per heavy atom. The van der Waals surface area contributed by atoms with E-state index in [-0.39, 0.29) is 0 Å². The van der Waals surface area contributed by atoms with Crippen LogP contribution >= 0.6 is 15.3 Å². The van der Waals surface area contributed by atoms with E-state index in [4.69, 9.17) is 0 Å². The van der Waals surface area contributed by atoms with Gasteiger partial charge in [-0.3, -0.25) is 0 Å². The Morgan fingerprint density at radius 1 is 1.38 bits per heavy atom. The molecule has 0 aromatic heterocycles. The van der Waals surface area contributed by atoms with Gasteiger partial charge in [-0.2, -0.15) is 0 Å². The first-order chi connectivity index (χ1) is 3.56. The minimum atomic E-state index is -0.866. The van der Waals surface area contributed by atoms with Crippen molar-refractivity contribution in [2.24, 2.45) is 0 Å². The average Bonchev–Trinajstić information content (AvgIpc) is 1.59. The predicted octanol–water partition coefficient (Wildman–Crippen LogP) is 3.39. The zero-order valence-corrected chi connectivity index (χ0v) is 8.59. The Labute approximate surface area is 61.3 Å². The Hall–Kier alpha value is 0.697. The van der Waals surface area contributed by atoms with Crippen LogP contribution in [-0.4, -0.2) is 6.69 Å². The van der Waals surface area contributed by atoms with Crippen molar-refractivity contribution in [2.45, 2.75) is 38.9 Å². The fraction of sp³-hybridized carbons (Fsp3) is 1.00. The minimum Gasteiger partial charge on any atom is -0.127 e.